The number of carbonyl (C=O) groups is 1. The Bertz CT molecular complexity index is 1030. The number of amides is 1. The van der Waals surface area contributed by atoms with Crippen LogP contribution in [0.5, 0.6) is 0 Å². The second kappa shape index (κ2) is 9.10. The van der Waals surface area contributed by atoms with Crippen LogP contribution in [0, 0.1) is 6.92 Å². The maximum absolute atomic E-state index is 13.1. The van der Waals surface area contributed by atoms with Gasteiger partial charge in [0.25, 0.3) is 5.91 Å². The maximum Gasteiger partial charge on any atom is 0.253 e. The summed E-state index contributed by atoms with van der Waals surface area (Å²) in [5, 5.41) is 3.91. The molecule has 0 N–H and O–H groups in total. The maximum atomic E-state index is 13.1. The summed E-state index contributed by atoms with van der Waals surface area (Å²) in [6.45, 7) is 7.69. The van der Waals surface area contributed by atoms with Crippen LogP contribution in [0.3, 0.4) is 0 Å². The molecule has 3 heterocycles. The molecule has 1 aromatic carbocycles. The number of rotatable bonds is 5. The minimum absolute atomic E-state index is 0.0145. The Morgan fingerprint density at radius 1 is 1.13 bits per heavy atom. The van der Waals surface area contributed by atoms with Gasteiger partial charge in [0.2, 0.25) is 10.0 Å². The Hall–Kier alpha value is -2.23. The fourth-order valence-corrected chi connectivity index (χ4v) is 6.10. The number of aryl methyl sites for hydroxylation is 1. The summed E-state index contributed by atoms with van der Waals surface area (Å²) in [4.78, 5) is 17.3. The molecule has 0 saturated carbocycles. The number of hydrogen-bond acceptors (Lipinski definition) is 6. The van der Waals surface area contributed by atoms with Crippen molar-refractivity contribution in [2.45, 2.75) is 50.6 Å². The molecule has 9 heteroatoms. The van der Waals surface area contributed by atoms with E-state index in [0.29, 0.717) is 31.7 Å². The third-order valence-electron chi connectivity index (χ3n) is 6.15. The summed E-state index contributed by atoms with van der Waals surface area (Å²) < 4.78 is 33.1. The first kappa shape index (κ1) is 22.0. The van der Waals surface area contributed by atoms with Gasteiger partial charge in [0.05, 0.1) is 17.1 Å². The van der Waals surface area contributed by atoms with Crippen LogP contribution < -0.4 is 0 Å². The minimum Gasteiger partial charge on any atom is -0.360 e. The highest BCUT2D eigenvalue weighted by atomic mass is 32.2. The smallest absolute Gasteiger partial charge is 0.253 e. The minimum atomic E-state index is -3.60. The summed E-state index contributed by atoms with van der Waals surface area (Å²) in [5.74, 6) is 0.695. The quantitative estimate of drug-likeness (QED) is 0.701. The fraction of sp³-hybridized carbons (Fsp3) is 0.545. The molecule has 2 aliphatic rings. The Labute approximate surface area is 183 Å². The average molecular weight is 447 g/mol. The lowest BCUT2D eigenvalue weighted by Gasteiger charge is -2.34. The number of aromatic nitrogens is 1. The van der Waals surface area contributed by atoms with Gasteiger partial charge in [-0.1, -0.05) is 17.6 Å². The molecule has 2 aliphatic heterocycles. The van der Waals surface area contributed by atoms with Crippen LogP contribution in [0.2, 0.25) is 0 Å². The molecule has 0 radical (unpaired) electrons. The van der Waals surface area contributed by atoms with Gasteiger partial charge >= 0.3 is 0 Å². The van der Waals surface area contributed by atoms with Crippen molar-refractivity contribution in [2.75, 3.05) is 32.7 Å². The summed E-state index contributed by atoms with van der Waals surface area (Å²) in [6, 6.07) is 8.39. The molecule has 1 amide bonds. The Kier molecular flexibility index (Phi) is 6.45. The van der Waals surface area contributed by atoms with E-state index in [1.807, 2.05) is 19.9 Å². The van der Waals surface area contributed by atoms with Gasteiger partial charge in [-0.15, -0.1) is 0 Å². The van der Waals surface area contributed by atoms with Gasteiger partial charge in [-0.05, 0) is 44.9 Å². The topological polar surface area (TPSA) is 87.0 Å². The zero-order valence-electron chi connectivity index (χ0n) is 18.2. The first-order valence-electron chi connectivity index (χ1n) is 10.9. The molecule has 0 aliphatic carbocycles. The van der Waals surface area contributed by atoms with E-state index in [-0.39, 0.29) is 16.8 Å². The summed E-state index contributed by atoms with van der Waals surface area (Å²) in [5.41, 5.74) is 1.28. The third kappa shape index (κ3) is 4.83. The number of carbonyl (C=O) groups excluding carboxylic acids is 1. The van der Waals surface area contributed by atoms with Gasteiger partial charge in [-0.3, -0.25) is 9.69 Å². The molecule has 4 rings (SSSR count). The van der Waals surface area contributed by atoms with Crippen LogP contribution in [0.1, 0.15) is 48.0 Å². The zero-order valence-corrected chi connectivity index (χ0v) is 19.0. The molecule has 8 nitrogen and oxygen atoms in total. The molecule has 0 spiro atoms. The van der Waals surface area contributed by atoms with E-state index in [9.17, 15) is 13.2 Å². The van der Waals surface area contributed by atoms with Crippen LogP contribution in [0.4, 0.5) is 0 Å². The van der Waals surface area contributed by atoms with Gasteiger partial charge in [-0.25, -0.2) is 8.42 Å². The molecular formula is C22H30N4O4S. The Balaban J connectivity index is 1.41. The molecule has 2 saturated heterocycles. The van der Waals surface area contributed by atoms with Crippen LogP contribution in [0.15, 0.2) is 39.8 Å². The van der Waals surface area contributed by atoms with Crippen molar-refractivity contribution >= 4 is 15.9 Å². The van der Waals surface area contributed by atoms with Crippen LogP contribution in [0.25, 0.3) is 0 Å². The Morgan fingerprint density at radius 3 is 2.58 bits per heavy atom. The summed E-state index contributed by atoms with van der Waals surface area (Å²) in [7, 11) is -3.60. The van der Waals surface area contributed by atoms with E-state index < -0.39 is 10.0 Å². The largest absolute Gasteiger partial charge is 0.360 e. The molecule has 2 aromatic rings. The number of sulfonamides is 1. The molecule has 168 valence electrons. The van der Waals surface area contributed by atoms with Crippen molar-refractivity contribution in [3.63, 3.8) is 0 Å². The first-order chi connectivity index (χ1) is 14.8. The predicted molar refractivity (Wildman–Crippen MR) is 116 cm³/mol. The highest BCUT2D eigenvalue weighted by molar-refractivity contribution is 7.89. The van der Waals surface area contributed by atoms with Gasteiger partial charge in [0.1, 0.15) is 0 Å². The van der Waals surface area contributed by atoms with Crippen molar-refractivity contribution in [3.8, 4) is 0 Å². The van der Waals surface area contributed by atoms with Crippen molar-refractivity contribution < 1.29 is 17.7 Å². The van der Waals surface area contributed by atoms with Crippen molar-refractivity contribution in [2.24, 2.45) is 0 Å². The number of piperazine rings is 1. The van der Waals surface area contributed by atoms with E-state index in [1.54, 1.807) is 27.4 Å². The van der Waals surface area contributed by atoms with Gasteiger partial charge in [0.15, 0.2) is 5.76 Å². The monoisotopic (exact) mass is 446 g/mol. The molecule has 1 unspecified atom stereocenters. The van der Waals surface area contributed by atoms with E-state index in [1.165, 1.54) is 6.07 Å². The lowest BCUT2D eigenvalue weighted by molar-refractivity contribution is 0.0617. The standard InChI is InChI=1S/C22H30N4O4S/c1-17-14-20(30-23-17)16-24-10-12-25(13-11-24)22(27)19-7-5-8-21(15-19)31(28,29)26-9-4-3-6-18(26)2/h5,7-8,14-15,18H,3-4,6,9-13,16H2,1-2H3. The fourth-order valence-electron chi connectivity index (χ4n) is 4.36. The van der Waals surface area contributed by atoms with Gasteiger partial charge < -0.3 is 9.42 Å². The third-order valence-corrected chi connectivity index (χ3v) is 8.15. The first-order valence-corrected chi connectivity index (χ1v) is 12.3. The number of piperidine rings is 1. The van der Waals surface area contributed by atoms with E-state index in [0.717, 1.165) is 43.8 Å². The zero-order chi connectivity index (χ0) is 22.0. The van der Waals surface area contributed by atoms with E-state index >= 15 is 0 Å². The summed E-state index contributed by atoms with van der Waals surface area (Å²) >= 11 is 0. The van der Waals surface area contributed by atoms with Crippen molar-refractivity contribution in [1.29, 1.82) is 0 Å². The van der Waals surface area contributed by atoms with Crippen LogP contribution in [-0.4, -0.2) is 72.4 Å². The molecule has 1 aromatic heterocycles. The molecule has 31 heavy (non-hydrogen) atoms. The summed E-state index contributed by atoms with van der Waals surface area (Å²) in [6.07, 6.45) is 2.80. The number of benzene rings is 1. The SMILES string of the molecule is Cc1cc(CN2CCN(C(=O)c3cccc(S(=O)(=O)N4CCCCC4C)c3)CC2)on1. The lowest BCUT2D eigenvalue weighted by Crippen LogP contribution is -2.48. The average Bonchev–Trinajstić information content (AvgIpc) is 3.18. The highest BCUT2D eigenvalue weighted by Gasteiger charge is 2.32. The second-order valence-electron chi connectivity index (χ2n) is 8.49. The number of nitrogens with zero attached hydrogens (tertiary/aromatic N) is 4. The van der Waals surface area contributed by atoms with Gasteiger partial charge in [-0.2, -0.15) is 4.31 Å². The van der Waals surface area contributed by atoms with Crippen LogP contribution in [-0.2, 0) is 16.6 Å². The van der Waals surface area contributed by atoms with E-state index in [4.69, 9.17) is 4.52 Å². The molecule has 2 fully saturated rings. The normalized spacial score (nSPS) is 21.4. The highest BCUT2D eigenvalue weighted by Crippen LogP contribution is 2.26. The predicted octanol–water partition coefficient (Wildman–Crippen LogP) is 2.50. The van der Waals surface area contributed by atoms with Crippen LogP contribution >= 0.6 is 0 Å². The Morgan fingerprint density at radius 2 is 1.90 bits per heavy atom. The molecular weight excluding hydrogens is 416 g/mol. The van der Waals surface area contributed by atoms with E-state index in [2.05, 4.69) is 10.1 Å². The van der Waals surface area contributed by atoms with Gasteiger partial charge in [0, 0.05) is 50.4 Å². The second-order valence-corrected chi connectivity index (χ2v) is 10.4. The van der Waals surface area contributed by atoms with Crippen molar-refractivity contribution in [1.82, 2.24) is 19.3 Å². The molecule has 0 bridgehead atoms. The lowest BCUT2D eigenvalue weighted by atomic mass is 10.1. The van der Waals surface area contributed by atoms with Crippen molar-refractivity contribution in [3.05, 3.63) is 47.3 Å². The number of hydrogen-bond donors (Lipinski definition) is 0. The molecule has 1 atom stereocenters.